The molecule has 1 amide bonds. The second kappa shape index (κ2) is 9.01. The highest BCUT2D eigenvalue weighted by Crippen LogP contribution is 2.24. The van der Waals surface area contributed by atoms with Crippen LogP contribution in [-0.2, 0) is 4.79 Å². The first-order valence-corrected chi connectivity index (χ1v) is 8.62. The van der Waals surface area contributed by atoms with Crippen molar-refractivity contribution in [3.63, 3.8) is 0 Å². The number of rotatable bonds is 7. The molecule has 1 atom stereocenters. The van der Waals surface area contributed by atoms with Crippen LogP contribution < -0.4 is 0 Å². The summed E-state index contributed by atoms with van der Waals surface area (Å²) in [7, 11) is 0. The van der Waals surface area contributed by atoms with Gasteiger partial charge in [-0.05, 0) is 19.4 Å². The van der Waals surface area contributed by atoms with Crippen LogP contribution in [0.3, 0.4) is 0 Å². The van der Waals surface area contributed by atoms with Crippen LogP contribution in [0.4, 0.5) is 0 Å². The molecule has 1 fully saturated rings. The largest absolute Gasteiger partial charge is 0.395 e. The van der Waals surface area contributed by atoms with Crippen LogP contribution in [-0.4, -0.2) is 78.1 Å². The molecule has 1 N–H and O–H groups in total. The van der Waals surface area contributed by atoms with Gasteiger partial charge in [-0.1, -0.05) is 30.3 Å². The summed E-state index contributed by atoms with van der Waals surface area (Å²) in [6.45, 7) is 9.95. The molecule has 128 valence electrons. The average Bonchev–Trinajstić information content (AvgIpc) is 2.59. The van der Waals surface area contributed by atoms with Crippen LogP contribution in [0.15, 0.2) is 30.3 Å². The predicted molar refractivity (Wildman–Crippen MR) is 92.2 cm³/mol. The molecule has 5 heteroatoms. The standard InChI is InChI=1S/C18H29N3O2/c1-3-20(4-2)18(23)17(16-8-6-5-7-9-16)21-12-10-19(11-13-21)14-15-22/h5-9,17,22H,3-4,10-15H2,1-2H3/t17-/m0/s1. The fourth-order valence-corrected chi connectivity index (χ4v) is 3.24. The molecule has 1 aliphatic heterocycles. The van der Waals surface area contributed by atoms with Gasteiger partial charge in [0, 0.05) is 45.8 Å². The second-order valence-corrected chi connectivity index (χ2v) is 5.92. The van der Waals surface area contributed by atoms with Crippen molar-refractivity contribution in [3.8, 4) is 0 Å². The van der Waals surface area contributed by atoms with Crippen LogP contribution in [0, 0.1) is 0 Å². The van der Waals surface area contributed by atoms with Crippen molar-refractivity contribution < 1.29 is 9.90 Å². The first kappa shape index (κ1) is 17.9. The van der Waals surface area contributed by atoms with E-state index in [-0.39, 0.29) is 18.6 Å². The monoisotopic (exact) mass is 319 g/mol. The topological polar surface area (TPSA) is 47.0 Å². The Labute approximate surface area is 139 Å². The number of piperazine rings is 1. The molecular weight excluding hydrogens is 290 g/mol. The number of aliphatic hydroxyl groups is 1. The van der Waals surface area contributed by atoms with E-state index in [0.717, 1.165) is 44.8 Å². The summed E-state index contributed by atoms with van der Waals surface area (Å²) in [4.78, 5) is 19.5. The SMILES string of the molecule is CCN(CC)C(=O)[C@H](c1ccccc1)N1CCN(CCO)CC1. The Balaban J connectivity index is 2.16. The number of nitrogens with zero attached hydrogens (tertiary/aromatic N) is 3. The van der Waals surface area contributed by atoms with Crippen LogP contribution >= 0.6 is 0 Å². The lowest BCUT2D eigenvalue weighted by atomic mass is 10.0. The van der Waals surface area contributed by atoms with E-state index in [4.69, 9.17) is 5.11 Å². The lowest BCUT2D eigenvalue weighted by molar-refractivity contribution is -0.137. The Morgan fingerprint density at radius 3 is 2.26 bits per heavy atom. The Morgan fingerprint density at radius 2 is 1.74 bits per heavy atom. The van der Waals surface area contributed by atoms with Crippen LogP contribution in [0.5, 0.6) is 0 Å². The molecule has 5 nitrogen and oxygen atoms in total. The molecule has 0 spiro atoms. The summed E-state index contributed by atoms with van der Waals surface area (Å²) < 4.78 is 0. The fraction of sp³-hybridized carbons (Fsp3) is 0.611. The molecule has 23 heavy (non-hydrogen) atoms. The van der Waals surface area contributed by atoms with Crippen molar-refractivity contribution in [2.45, 2.75) is 19.9 Å². The highest BCUT2D eigenvalue weighted by Gasteiger charge is 2.32. The van der Waals surface area contributed by atoms with Crippen molar-refractivity contribution in [3.05, 3.63) is 35.9 Å². The van der Waals surface area contributed by atoms with Gasteiger partial charge >= 0.3 is 0 Å². The Morgan fingerprint density at radius 1 is 1.13 bits per heavy atom. The summed E-state index contributed by atoms with van der Waals surface area (Å²) in [5.41, 5.74) is 1.07. The predicted octanol–water partition coefficient (Wildman–Crippen LogP) is 1.21. The van der Waals surface area contributed by atoms with Crippen molar-refractivity contribution in [2.24, 2.45) is 0 Å². The third-order valence-corrected chi connectivity index (χ3v) is 4.61. The van der Waals surface area contributed by atoms with E-state index in [1.165, 1.54) is 0 Å². The Hall–Kier alpha value is -1.43. The van der Waals surface area contributed by atoms with E-state index >= 15 is 0 Å². The van der Waals surface area contributed by atoms with E-state index in [2.05, 4.69) is 9.80 Å². The highest BCUT2D eigenvalue weighted by molar-refractivity contribution is 5.83. The summed E-state index contributed by atoms with van der Waals surface area (Å²) >= 11 is 0. The molecule has 0 aromatic heterocycles. The third kappa shape index (κ3) is 4.53. The number of amides is 1. The van der Waals surface area contributed by atoms with Gasteiger partial charge in [0.05, 0.1) is 6.61 Å². The van der Waals surface area contributed by atoms with E-state index in [1.807, 2.05) is 49.1 Å². The maximum Gasteiger partial charge on any atom is 0.244 e. The van der Waals surface area contributed by atoms with Crippen molar-refractivity contribution in [1.82, 2.24) is 14.7 Å². The minimum Gasteiger partial charge on any atom is -0.395 e. The quantitative estimate of drug-likeness (QED) is 0.820. The van der Waals surface area contributed by atoms with Crippen LogP contribution in [0.1, 0.15) is 25.5 Å². The van der Waals surface area contributed by atoms with E-state index in [1.54, 1.807) is 0 Å². The fourth-order valence-electron chi connectivity index (χ4n) is 3.24. The molecule has 1 saturated heterocycles. The summed E-state index contributed by atoms with van der Waals surface area (Å²) in [6, 6.07) is 9.88. The zero-order chi connectivity index (χ0) is 16.7. The molecular formula is C18H29N3O2. The maximum atomic E-state index is 13.0. The molecule has 0 saturated carbocycles. The summed E-state index contributed by atoms with van der Waals surface area (Å²) in [6.07, 6.45) is 0. The first-order chi connectivity index (χ1) is 11.2. The number of hydrogen-bond donors (Lipinski definition) is 1. The van der Waals surface area contributed by atoms with Gasteiger partial charge < -0.3 is 10.0 Å². The van der Waals surface area contributed by atoms with Gasteiger partial charge in [-0.25, -0.2) is 0 Å². The lowest BCUT2D eigenvalue weighted by Crippen LogP contribution is -2.52. The number of likely N-dealkylation sites (N-methyl/N-ethyl adjacent to an activating group) is 1. The van der Waals surface area contributed by atoms with Crippen LogP contribution in [0.2, 0.25) is 0 Å². The molecule has 0 radical (unpaired) electrons. The normalized spacial score (nSPS) is 17.9. The van der Waals surface area contributed by atoms with Crippen molar-refractivity contribution in [1.29, 1.82) is 0 Å². The van der Waals surface area contributed by atoms with Gasteiger partial charge in [0.15, 0.2) is 0 Å². The molecule has 0 bridgehead atoms. The van der Waals surface area contributed by atoms with E-state index < -0.39 is 0 Å². The number of carbonyl (C=O) groups excluding carboxylic acids is 1. The third-order valence-electron chi connectivity index (χ3n) is 4.61. The zero-order valence-electron chi connectivity index (χ0n) is 14.3. The smallest absolute Gasteiger partial charge is 0.244 e. The number of aliphatic hydroxyl groups excluding tert-OH is 1. The van der Waals surface area contributed by atoms with Gasteiger partial charge in [-0.3, -0.25) is 14.6 Å². The van der Waals surface area contributed by atoms with Crippen molar-refractivity contribution in [2.75, 3.05) is 52.4 Å². The summed E-state index contributed by atoms with van der Waals surface area (Å²) in [5.74, 6) is 0.191. The molecule has 1 aromatic carbocycles. The molecule has 2 rings (SSSR count). The van der Waals surface area contributed by atoms with Gasteiger partial charge in [0.25, 0.3) is 0 Å². The lowest BCUT2D eigenvalue weighted by Gasteiger charge is -2.40. The number of β-amino-alcohol motifs (C(OH)–C–C–N with tert-alkyl or cyclic N) is 1. The Bertz CT molecular complexity index is 468. The van der Waals surface area contributed by atoms with E-state index in [9.17, 15) is 4.79 Å². The van der Waals surface area contributed by atoms with Gasteiger partial charge in [0.2, 0.25) is 5.91 Å². The van der Waals surface area contributed by atoms with Crippen LogP contribution in [0.25, 0.3) is 0 Å². The Kier molecular flexibility index (Phi) is 7.02. The minimum absolute atomic E-state index is 0.191. The van der Waals surface area contributed by atoms with E-state index in [0.29, 0.717) is 6.54 Å². The van der Waals surface area contributed by atoms with Crippen molar-refractivity contribution >= 4 is 5.91 Å². The first-order valence-electron chi connectivity index (χ1n) is 8.62. The summed E-state index contributed by atoms with van der Waals surface area (Å²) in [5, 5.41) is 9.08. The molecule has 1 aliphatic rings. The molecule has 0 unspecified atom stereocenters. The van der Waals surface area contributed by atoms with Gasteiger partial charge in [-0.15, -0.1) is 0 Å². The zero-order valence-corrected chi connectivity index (χ0v) is 14.3. The van der Waals surface area contributed by atoms with Gasteiger partial charge in [0.1, 0.15) is 6.04 Å². The highest BCUT2D eigenvalue weighted by atomic mass is 16.3. The molecule has 1 heterocycles. The number of benzene rings is 1. The van der Waals surface area contributed by atoms with Gasteiger partial charge in [-0.2, -0.15) is 0 Å². The maximum absolute atomic E-state index is 13.0. The minimum atomic E-state index is -0.202. The second-order valence-electron chi connectivity index (χ2n) is 5.92. The average molecular weight is 319 g/mol. The molecule has 0 aliphatic carbocycles. The number of hydrogen-bond acceptors (Lipinski definition) is 4. The number of carbonyl (C=O) groups is 1. The molecule has 1 aromatic rings.